The second kappa shape index (κ2) is 16.5. The molecule has 7 rings (SSSR count). The number of benzene rings is 5. The molecule has 49 heavy (non-hydrogen) atoms. The van der Waals surface area contributed by atoms with E-state index in [9.17, 15) is 4.79 Å². The predicted molar refractivity (Wildman–Crippen MR) is 190 cm³/mol. The Morgan fingerprint density at radius 1 is 0.551 bits per heavy atom. The van der Waals surface area contributed by atoms with Crippen LogP contribution < -0.4 is 5.56 Å². The number of ether oxygens (including phenoxy) is 5. The van der Waals surface area contributed by atoms with Crippen LogP contribution in [0.5, 0.6) is 0 Å². The van der Waals surface area contributed by atoms with Crippen molar-refractivity contribution < 1.29 is 23.7 Å². The maximum atomic E-state index is 14.1. The molecule has 0 bridgehead atoms. The Morgan fingerprint density at radius 3 is 1.57 bits per heavy atom. The molecule has 0 amide bonds. The van der Waals surface area contributed by atoms with Gasteiger partial charge in [-0.25, -0.2) is 0 Å². The normalized spacial score (nSPS) is 20.8. The summed E-state index contributed by atoms with van der Waals surface area (Å²) >= 11 is -0.314. The van der Waals surface area contributed by atoms with E-state index in [0.29, 0.717) is 31.8 Å². The van der Waals surface area contributed by atoms with Gasteiger partial charge in [-0.1, -0.05) is 0 Å². The van der Waals surface area contributed by atoms with Gasteiger partial charge in [0.15, 0.2) is 0 Å². The molecule has 1 fully saturated rings. The zero-order chi connectivity index (χ0) is 33.3. The Kier molecular flexibility index (Phi) is 11.3. The van der Waals surface area contributed by atoms with Gasteiger partial charge < -0.3 is 0 Å². The SMILES string of the molecule is O=c1c2ccccc2[se]n1[C@H]1[C@H](OCc2ccccc2)O[C@H](COCc2ccccc2)[C@@H](OCc2ccccc2)[C@@H]1OCc1ccccc1. The van der Waals surface area contributed by atoms with Gasteiger partial charge >= 0.3 is 294 Å². The van der Waals surface area contributed by atoms with Crippen LogP contribution in [0, 0.1) is 0 Å². The van der Waals surface area contributed by atoms with E-state index in [1.54, 1.807) is 0 Å². The van der Waals surface area contributed by atoms with Gasteiger partial charge in [0.25, 0.3) is 0 Å². The molecule has 0 radical (unpaired) electrons. The van der Waals surface area contributed by atoms with E-state index in [4.69, 9.17) is 23.7 Å². The summed E-state index contributed by atoms with van der Waals surface area (Å²) in [4.78, 5) is 14.1. The fourth-order valence-electron chi connectivity index (χ4n) is 6.14. The molecule has 0 spiro atoms. The molecule has 0 saturated carbocycles. The zero-order valence-electron chi connectivity index (χ0n) is 27.1. The van der Waals surface area contributed by atoms with Crippen LogP contribution in [-0.2, 0) is 50.1 Å². The average molecular weight is 721 g/mol. The van der Waals surface area contributed by atoms with Crippen molar-refractivity contribution in [3.63, 3.8) is 0 Å². The Bertz CT molecular complexity index is 1930. The van der Waals surface area contributed by atoms with Gasteiger partial charge in [0.2, 0.25) is 0 Å². The fraction of sp³-hybridized carbons (Fsp3) is 0.244. The van der Waals surface area contributed by atoms with Gasteiger partial charge in [0, 0.05) is 0 Å². The molecule has 2 heterocycles. The molecule has 1 aliphatic heterocycles. The summed E-state index contributed by atoms with van der Waals surface area (Å²) < 4.78 is 36.4. The fourth-order valence-corrected chi connectivity index (χ4v) is 8.51. The summed E-state index contributed by atoms with van der Waals surface area (Å²) in [6.07, 6.45) is -2.52. The second-order valence-electron chi connectivity index (χ2n) is 12.1. The van der Waals surface area contributed by atoms with E-state index in [2.05, 4.69) is 0 Å². The van der Waals surface area contributed by atoms with Crippen LogP contribution in [-0.4, -0.2) is 49.5 Å². The van der Waals surface area contributed by atoms with Crippen LogP contribution in [0.25, 0.3) is 9.65 Å². The molecule has 0 N–H and O–H groups in total. The molecule has 1 aliphatic rings. The van der Waals surface area contributed by atoms with Crippen molar-refractivity contribution in [3.8, 4) is 0 Å². The van der Waals surface area contributed by atoms with Crippen LogP contribution in [0.2, 0.25) is 0 Å². The van der Waals surface area contributed by atoms with Gasteiger partial charge in [0.05, 0.1) is 0 Å². The van der Waals surface area contributed by atoms with E-state index in [1.165, 1.54) is 0 Å². The average Bonchev–Trinajstić information content (AvgIpc) is 3.49. The summed E-state index contributed by atoms with van der Waals surface area (Å²) in [6.45, 7) is 1.65. The Hall–Kier alpha value is -4.11. The third kappa shape index (κ3) is 8.38. The first-order valence-corrected chi connectivity index (χ1v) is 18.2. The van der Waals surface area contributed by atoms with E-state index in [-0.39, 0.29) is 26.9 Å². The minimum atomic E-state index is -0.803. The van der Waals surface area contributed by atoms with E-state index < -0.39 is 30.6 Å². The first-order valence-electron chi connectivity index (χ1n) is 16.6. The van der Waals surface area contributed by atoms with E-state index in [1.807, 2.05) is 149 Å². The van der Waals surface area contributed by atoms with Crippen molar-refractivity contribution in [3.05, 3.63) is 178 Å². The number of hydrogen-bond donors (Lipinski definition) is 0. The standard InChI is InChI=1S/C41H39NO6Se/c43-40-34-23-13-14-24-36(34)49-42(40)37-39(46-27-32-19-9-3-10-20-32)38(45-26-31-17-7-2-8-18-31)35(29-44-25-30-15-5-1-6-16-30)48-41(37)47-28-33-21-11-4-12-22-33/h1-24,35,37-39,41H,25-29H2/t35-,37-,38-,39-,41-/m1/s1. The van der Waals surface area contributed by atoms with E-state index >= 15 is 0 Å². The summed E-state index contributed by atoms with van der Waals surface area (Å²) in [5, 5.41) is 0.709. The molecule has 0 aliphatic carbocycles. The summed E-state index contributed by atoms with van der Waals surface area (Å²) in [6, 6.07) is 47.4. The molecule has 0 unspecified atom stereocenters. The Balaban J connectivity index is 1.27. The van der Waals surface area contributed by atoms with Crippen molar-refractivity contribution >= 4 is 24.4 Å². The number of fused-ring (bicyclic) bond motifs is 1. The third-order valence-electron chi connectivity index (χ3n) is 8.62. The molecular formula is C41H39NO6Se. The van der Waals surface area contributed by atoms with Crippen molar-refractivity contribution in [1.29, 1.82) is 0 Å². The molecule has 7 nitrogen and oxygen atoms in total. The summed E-state index contributed by atoms with van der Waals surface area (Å²) in [7, 11) is 0. The third-order valence-corrected chi connectivity index (χ3v) is 11.1. The molecule has 1 aromatic heterocycles. The number of aromatic nitrogens is 1. The van der Waals surface area contributed by atoms with Crippen LogP contribution in [0.15, 0.2) is 150 Å². The number of hydrogen-bond acceptors (Lipinski definition) is 6. The van der Waals surface area contributed by atoms with Gasteiger partial charge in [-0.2, -0.15) is 0 Å². The van der Waals surface area contributed by atoms with Crippen LogP contribution >= 0.6 is 0 Å². The minimum absolute atomic E-state index is 0.0496. The van der Waals surface area contributed by atoms with Gasteiger partial charge in [0.1, 0.15) is 0 Å². The topological polar surface area (TPSA) is 68.2 Å². The molecular weight excluding hydrogens is 681 g/mol. The predicted octanol–water partition coefficient (Wildman–Crippen LogP) is 6.93. The monoisotopic (exact) mass is 721 g/mol. The summed E-state index contributed by atoms with van der Waals surface area (Å²) in [5.74, 6) is 0. The van der Waals surface area contributed by atoms with Crippen LogP contribution in [0.4, 0.5) is 0 Å². The molecule has 5 atom stereocenters. The van der Waals surface area contributed by atoms with Crippen molar-refractivity contribution in [2.24, 2.45) is 0 Å². The first kappa shape index (κ1) is 33.4. The van der Waals surface area contributed by atoms with E-state index in [0.717, 1.165) is 26.5 Å². The zero-order valence-corrected chi connectivity index (χ0v) is 28.8. The van der Waals surface area contributed by atoms with Gasteiger partial charge in [-0.15, -0.1) is 0 Å². The molecule has 1 saturated heterocycles. The van der Waals surface area contributed by atoms with Gasteiger partial charge in [-0.3, -0.25) is 0 Å². The Labute approximate surface area is 292 Å². The van der Waals surface area contributed by atoms with Gasteiger partial charge in [-0.05, 0) is 0 Å². The molecule has 8 heteroatoms. The first-order chi connectivity index (χ1) is 24.2. The second-order valence-corrected chi connectivity index (χ2v) is 14.2. The number of nitrogens with zero attached hydrogens (tertiary/aromatic N) is 1. The quantitative estimate of drug-likeness (QED) is 0.114. The van der Waals surface area contributed by atoms with Crippen molar-refractivity contribution in [2.75, 3.05) is 6.61 Å². The number of rotatable bonds is 14. The molecule has 5 aromatic carbocycles. The Morgan fingerprint density at radius 2 is 1.02 bits per heavy atom. The van der Waals surface area contributed by atoms with Crippen LogP contribution in [0.1, 0.15) is 28.3 Å². The summed E-state index contributed by atoms with van der Waals surface area (Å²) in [5.41, 5.74) is 4.07. The van der Waals surface area contributed by atoms with Crippen molar-refractivity contribution in [1.82, 2.24) is 3.56 Å². The van der Waals surface area contributed by atoms with Crippen LogP contribution in [0.3, 0.4) is 0 Å². The molecule has 6 aromatic rings. The van der Waals surface area contributed by atoms with Crippen molar-refractivity contribution in [2.45, 2.75) is 57.1 Å². The molecule has 250 valence electrons. The maximum absolute atomic E-state index is 14.1.